The lowest BCUT2D eigenvalue weighted by atomic mass is 10.2. The summed E-state index contributed by atoms with van der Waals surface area (Å²) in [6.45, 7) is 2.04. The van der Waals surface area contributed by atoms with E-state index in [1.807, 2.05) is 6.92 Å². The zero-order valence-corrected chi connectivity index (χ0v) is 8.78. The number of halogens is 3. The molecule has 2 nitrogen and oxygen atoms in total. The van der Waals surface area contributed by atoms with E-state index in [-0.39, 0.29) is 17.2 Å². The van der Waals surface area contributed by atoms with E-state index in [9.17, 15) is 13.6 Å². The molecule has 0 aromatic heterocycles. The molecule has 1 aromatic rings. The Hall–Kier alpha value is -1.16. The predicted molar refractivity (Wildman–Crippen MR) is 51.9 cm³/mol. The second kappa shape index (κ2) is 5.07. The van der Waals surface area contributed by atoms with Crippen molar-refractivity contribution >= 4 is 17.6 Å². The number of ether oxygens (including phenoxy) is 1. The smallest absolute Gasteiger partial charge is 0.339 e. The number of esters is 1. The molecule has 15 heavy (non-hydrogen) atoms. The van der Waals surface area contributed by atoms with E-state index in [2.05, 4.69) is 0 Å². The first kappa shape index (κ1) is 11.9. The van der Waals surface area contributed by atoms with Gasteiger partial charge in [0.15, 0.2) is 11.6 Å². The van der Waals surface area contributed by atoms with E-state index < -0.39 is 17.6 Å². The summed E-state index contributed by atoms with van der Waals surface area (Å²) in [5.74, 6) is -2.96. The number of hydrogen-bond donors (Lipinski definition) is 0. The molecule has 0 aliphatic carbocycles. The van der Waals surface area contributed by atoms with Crippen molar-refractivity contribution < 1.29 is 18.3 Å². The second-order valence-corrected chi connectivity index (χ2v) is 3.29. The zero-order chi connectivity index (χ0) is 11.4. The third-order valence-electron chi connectivity index (χ3n) is 1.67. The van der Waals surface area contributed by atoms with Gasteiger partial charge >= 0.3 is 5.97 Å². The fraction of sp³-hybridized carbons (Fsp3) is 0.300. The molecular weight excluding hydrogens is 226 g/mol. The molecule has 0 fully saturated rings. The van der Waals surface area contributed by atoms with Gasteiger partial charge < -0.3 is 4.74 Å². The normalized spacial score (nSPS) is 10.1. The molecular formula is C10H9ClF2O2. The summed E-state index contributed by atoms with van der Waals surface area (Å²) in [5.41, 5.74) is -0.163. The van der Waals surface area contributed by atoms with Crippen LogP contribution in [-0.2, 0) is 4.74 Å². The average molecular weight is 235 g/mol. The van der Waals surface area contributed by atoms with Crippen molar-refractivity contribution in [3.63, 3.8) is 0 Å². The number of hydrogen-bond acceptors (Lipinski definition) is 2. The van der Waals surface area contributed by atoms with Crippen LogP contribution in [0.1, 0.15) is 23.7 Å². The minimum Gasteiger partial charge on any atom is -0.462 e. The van der Waals surface area contributed by atoms with Gasteiger partial charge in [-0.25, -0.2) is 13.6 Å². The molecule has 0 saturated carbocycles. The van der Waals surface area contributed by atoms with Crippen LogP contribution in [-0.4, -0.2) is 12.6 Å². The lowest BCUT2D eigenvalue weighted by molar-refractivity contribution is 0.0504. The van der Waals surface area contributed by atoms with E-state index in [4.69, 9.17) is 16.3 Å². The molecule has 0 bridgehead atoms. The molecule has 0 amide bonds. The number of rotatable bonds is 3. The Bertz CT molecular complexity index is 380. The van der Waals surface area contributed by atoms with Crippen molar-refractivity contribution in [1.29, 1.82) is 0 Å². The Morgan fingerprint density at radius 3 is 2.60 bits per heavy atom. The van der Waals surface area contributed by atoms with Gasteiger partial charge in [0, 0.05) is 0 Å². The Morgan fingerprint density at radius 2 is 2.00 bits per heavy atom. The SMILES string of the molecule is CCCOC(=O)c1cc(F)c(F)cc1Cl. The highest BCUT2D eigenvalue weighted by Crippen LogP contribution is 2.20. The molecule has 0 unspecified atom stereocenters. The van der Waals surface area contributed by atoms with Gasteiger partial charge in [-0.3, -0.25) is 0 Å². The molecule has 0 atom stereocenters. The largest absolute Gasteiger partial charge is 0.462 e. The van der Waals surface area contributed by atoms with Crippen molar-refractivity contribution in [3.05, 3.63) is 34.4 Å². The van der Waals surface area contributed by atoms with Crippen LogP contribution in [0.5, 0.6) is 0 Å². The summed E-state index contributed by atoms with van der Waals surface area (Å²) in [6.07, 6.45) is 0.646. The number of carbonyl (C=O) groups excluding carboxylic acids is 1. The zero-order valence-electron chi connectivity index (χ0n) is 8.02. The average Bonchev–Trinajstić information content (AvgIpc) is 2.20. The lowest BCUT2D eigenvalue weighted by Crippen LogP contribution is -2.07. The first-order valence-corrected chi connectivity index (χ1v) is 4.75. The minimum atomic E-state index is -1.12. The summed E-state index contributed by atoms with van der Waals surface area (Å²) in [7, 11) is 0. The first-order valence-electron chi connectivity index (χ1n) is 4.38. The van der Waals surface area contributed by atoms with Crippen molar-refractivity contribution in [2.45, 2.75) is 13.3 Å². The summed E-state index contributed by atoms with van der Waals surface area (Å²) >= 11 is 5.57. The molecule has 82 valence electrons. The van der Waals surface area contributed by atoms with Crippen LogP contribution >= 0.6 is 11.6 Å². The summed E-state index contributed by atoms with van der Waals surface area (Å²) < 4.78 is 30.2. The monoisotopic (exact) mass is 234 g/mol. The number of carbonyl (C=O) groups is 1. The molecule has 5 heteroatoms. The van der Waals surface area contributed by atoms with Crippen LogP contribution in [0.25, 0.3) is 0 Å². The van der Waals surface area contributed by atoms with Crippen molar-refractivity contribution in [2.24, 2.45) is 0 Å². The molecule has 0 radical (unpaired) electrons. The maximum Gasteiger partial charge on any atom is 0.339 e. The van der Waals surface area contributed by atoms with Gasteiger partial charge in [0.1, 0.15) is 0 Å². The molecule has 0 saturated heterocycles. The van der Waals surface area contributed by atoms with Gasteiger partial charge in [-0.2, -0.15) is 0 Å². The fourth-order valence-electron chi connectivity index (χ4n) is 0.952. The third-order valence-corrected chi connectivity index (χ3v) is 1.98. The molecule has 0 heterocycles. The maximum atomic E-state index is 12.8. The highest BCUT2D eigenvalue weighted by molar-refractivity contribution is 6.33. The molecule has 1 aromatic carbocycles. The first-order chi connectivity index (χ1) is 7.06. The summed E-state index contributed by atoms with van der Waals surface area (Å²) in [5, 5.41) is -0.157. The second-order valence-electron chi connectivity index (χ2n) is 2.88. The predicted octanol–water partition coefficient (Wildman–Crippen LogP) is 3.19. The lowest BCUT2D eigenvalue weighted by Gasteiger charge is -2.05. The minimum absolute atomic E-state index is 0.157. The van der Waals surface area contributed by atoms with Gasteiger partial charge in [-0.15, -0.1) is 0 Å². The molecule has 1 rings (SSSR count). The Morgan fingerprint density at radius 1 is 1.40 bits per heavy atom. The summed E-state index contributed by atoms with van der Waals surface area (Å²) in [4.78, 5) is 11.3. The van der Waals surface area contributed by atoms with E-state index in [1.165, 1.54) is 0 Å². The third kappa shape index (κ3) is 2.89. The quantitative estimate of drug-likeness (QED) is 0.593. The van der Waals surface area contributed by atoms with Crippen molar-refractivity contribution in [1.82, 2.24) is 0 Å². The van der Waals surface area contributed by atoms with Crippen molar-refractivity contribution in [2.75, 3.05) is 6.61 Å². The Labute approximate surface area is 90.8 Å². The standard InChI is InChI=1S/C10H9ClF2O2/c1-2-3-15-10(14)6-4-8(12)9(13)5-7(6)11/h4-5H,2-3H2,1H3. The maximum absolute atomic E-state index is 12.8. The van der Waals surface area contributed by atoms with Crippen molar-refractivity contribution in [3.8, 4) is 0 Å². The highest BCUT2D eigenvalue weighted by Gasteiger charge is 2.15. The van der Waals surface area contributed by atoms with Gasteiger partial charge in [0.05, 0.1) is 17.2 Å². The molecule has 0 aliphatic heterocycles. The Kier molecular flexibility index (Phi) is 4.03. The molecule has 0 N–H and O–H groups in total. The van der Waals surface area contributed by atoms with Crippen LogP contribution in [0.2, 0.25) is 5.02 Å². The van der Waals surface area contributed by atoms with Crippen LogP contribution in [0.15, 0.2) is 12.1 Å². The van der Waals surface area contributed by atoms with E-state index in [0.717, 1.165) is 12.1 Å². The van der Waals surface area contributed by atoms with E-state index >= 15 is 0 Å². The molecule has 0 aliphatic rings. The van der Waals surface area contributed by atoms with E-state index in [0.29, 0.717) is 6.42 Å². The molecule has 0 spiro atoms. The van der Waals surface area contributed by atoms with Crippen LogP contribution in [0.3, 0.4) is 0 Å². The van der Waals surface area contributed by atoms with E-state index in [1.54, 1.807) is 0 Å². The summed E-state index contributed by atoms with van der Waals surface area (Å²) in [6, 6.07) is 1.48. The number of benzene rings is 1. The van der Waals surface area contributed by atoms with Gasteiger partial charge in [-0.1, -0.05) is 18.5 Å². The van der Waals surface area contributed by atoms with Gasteiger partial charge in [-0.05, 0) is 18.6 Å². The van der Waals surface area contributed by atoms with Crippen LogP contribution in [0.4, 0.5) is 8.78 Å². The van der Waals surface area contributed by atoms with Gasteiger partial charge in [0.25, 0.3) is 0 Å². The Balaban J connectivity index is 2.94. The van der Waals surface area contributed by atoms with Crippen LogP contribution < -0.4 is 0 Å². The van der Waals surface area contributed by atoms with Crippen LogP contribution in [0, 0.1) is 11.6 Å². The highest BCUT2D eigenvalue weighted by atomic mass is 35.5. The van der Waals surface area contributed by atoms with Gasteiger partial charge in [0.2, 0.25) is 0 Å². The topological polar surface area (TPSA) is 26.3 Å². The fourth-order valence-corrected chi connectivity index (χ4v) is 1.18.